The third kappa shape index (κ3) is 6.03. The van der Waals surface area contributed by atoms with Crippen molar-refractivity contribution in [3.05, 3.63) is 12.2 Å². The summed E-state index contributed by atoms with van der Waals surface area (Å²) in [6.45, 7) is 5.37. The molecule has 0 fully saturated rings. The first-order chi connectivity index (χ1) is 8.40. The lowest BCUT2D eigenvalue weighted by molar-refractivity contribution is -0.151. The van der Waals surface area contributed by atoms with Gasteiger partial charge >= 0.3 is 17.9 Å². The molecule has 6 nitrogen and oxygen atoms in total. The van der Waals surface area contributed by atoms with Crippen molar-refractivity contribution in [2.45, 2.75) is 32.6 Å². The zero-order chi connectivity index (χ0) is 14.1. The van der Waals surface area contributed by atoms with E-state index in [9.17, 15) is 14.4 Å². The molecule has 1 unspecified atom stereocenters. The number of hydrogen-bond acceptors (Lipinski definition) is 4. The van der Waals surface area contributed by atoms with Gasteiger partial charge in [0.25, 0.3) is 0 Å². The quantitative estimate of drug-likeness (QED) is 0.369. The number of rotatable bonds is 9. The molecule has 18 heavy (non-hydrogen) atoms. The Morgan fingerprint density at radius 1 is 1.22 bits per heavy atom. The smallest absolute Gasteiger partial charge is 0.331 e. The Morgan fingerprint density at radius 3 is 2.28 bits per heavy atom. The Kier molecular flexibility index (Phi) is 7.42. The van der Waals surface area contributed by atoms with Crippen LogP contribution in [0.5, 0.6) is 0 Å². The second-order valence-corrected chi connectivity index (χ2v) is 3.85. The number of carbonyl (C=O) groups excluding carboxylic acids is 1. The maximum absolute atomic E-state index is 11.3. The summed E-state index contributed by atoms with van der Waals surface area (Å²) in [6.07, 6.45) is 2.09. The highest BCUT2D eigenvalue weighted by Crippen LogP contribution is 2.15. The van der Waals surface area contributed by atoms with E-state index < -0.39 is 35.8 Å². The summed E-state index contributed by atoms with van der Waals surface area (Å²) in [5.74, 6) is -4.99. The summed E-state index contributed by atoms with van der Waals surface area (Å²) in [4.78, 5) is 32.8. The predicted molar refractivity (Wildman–Crippen MR) is 63.0 cm³/mol. The number of esters is 1. The van der Waals surface area contributed by atoms with Crippen molar-refractivity contribution in [3.63, 3.8) is 0 Å². The predicted octanol–water partition coefficient (Wildman–Crippen LogP) is 1.45. The summed E-state index contributed by atoms with van der Waals surface area (Å²) in [5, 5.41) is 17.5. The van der Waals surface area contributed by atoms with Crippen molar-refractivity contribution in [3.8, 4) is 0 Å². The van der Waals surface area contributed by atoms with E-state index >= 15 is 0 Å². The van der Waals surface area contributed by atoms with Crippen molar-refractivity contribution < 1.29 is 29.3 Å². The molecule has 0 aromatic rings. The number of carboxylic acids is 2. The second-order valence-electron chi connectivity index (χ2n) is 3.85. The fourth-order valence-corrected chi connectivity index (χ4v) is 1.27. The standard InChI is InChI=1S/C12H18O6/c1-3-4-5-6-18-10(13)7-9(12(16)17)8(2)11(14)15/h9H,2-7H2,1H3,(H,14,15)(H,16,17). The van der Waals surface area contributed by atoms with Crippen LogP contribution in [0, 0.1) is 5.92 Å². The highest BCUT2D eigenvalue weighted by atomic mass is 16.5. The largest absolute Gasteiger partial charge is 0.481 e. The van der Waals surface area contributed by atoms with Gasteiger partial charge in [0.1, 0.15) is 0 Å². The van der Waals surface area contributed by atoms with E-state index in [2.05, 4.69) is 6.58 Å². The zero-order valence-electron chi connectivity index (χ0n) is 10.3. The Hall–Kier alpha value is -1.85. The van der Waals surface area contributed by atoms with Crippen molar-refractivity contribution in [1.29, 1.82) is 0 Å². The van der Waals surface area contributed by atoms with Crippen LogP contribution in [-0.2, 0) is 19.1 Å². The SMILES string of the molecule is C=C(C(=O)O)C(CC(=O)OCCCCC)C(=O)O. The number of hydrogen-bond donors (Lipinski definition) is 2. The summed E-state index contributed by atoms with van der Waals surface area (Å²) < 4.78 is 4.82. The molecule has 0 saturated heterocycles. The average molecular weight is 258 g/mol. The van der Waals surface area contributed by atoms with Gasteiger partial charge < -0.3 is 14.9 Å². The van der Waals surface area contributed by atoms with Gasteiger partial charge in [-0.05, 0) is 6.42 Å². The maximum atomic E-state index is 11.3. The summed E-state index contributed by atoms with van der Waals surface area (Å²) >= 11 is 0. The van der Waals surface area contributed by atoms with Gasteiger partial charge in [0.2, 0.25) is 0 Å². The van der Waals surface area contributed by atoms with Crippen molar-refractivity contribution >= 4 is 17.9 Å². The van der Waals surface area contributed by atoms with Crippen LogP contribution in [0.15, 0.2) is 12.2 Å². The minimum absolute atomic E-state index is 0.221. The number of aliphatic carboxylic acids is 2. The van der Waals surface area contributed by atoms with Gasteiger partial charge in [0.05, 0.1) is 18.9 Å². The first-order valence-corrected chi connectivity index (χ1v) is 5.70. The molecule has 0 heterocycles. The van der Waals surface area contributed by atoms with Gasteiger partial charge in [-0.2, -0.15) is 0 Å². The van der Waals surface area contributed by atoms with E-state index in [0.29, 0.717) is 6.42 Å². The molecule has 0 aliphatic heterocycles. The Balaban J connectivity index is 4.25. The summed E-state index contributed by atoms with van der Waals surface area (Å²) in [7, 11) is 0. The molecule has 0 aliphatic rings. The molecule has 2 N–H and O–H groups in total. The fourth-order valence-electron chi connectivity index (χ4n) is 1.27. The lowest BCUT2D eigenvalue weighted by Gasteiger charge is -2.11. The lowest BCUT2D eigenvalue weighted by atomic mass is 9.97. The molecule has 0 aromatic heterocycles. The monoisotopic (exact) mass is 258 g/mol. The average Bonchev–Trinajstić information content (AvgIpc) is 2.30. The lowest BCUT2D eigenvalue weighted by Crippen LogP contribution is -2.24. The normalized spacial score (nSPS) is 11.6. The van der Waals surface area contributed by atoms with Crippen LogP contribution in [0.2, 0.25) is 0 Å². The summed E-state index contributed by atoms with van der Waals surface area (Å²) in [6, 6.07) is 0. The van der Waals surface area contributed by atoms with Gasteiger partial charge in [-0.25, -0.2) is 4.79 Å². The topological polar surface area (TPSA) is 101 Å². The Labute approximate surface area is 105 Å². The first-order valence-electron chi connectivity index (χ1n) is 5.70. The molecule has 0 aliphatic carbocycles. The number of unbranched alkanes of at least 4 members (excludes halogenated alkanes) is 2. The first kappa shape index (κ1) is 16.1. The molecule has 0 amide bonds. The molecule has 1 atom stereocenters. The molecular formula is C12H18O6. The molecule has 102 valence electrons. The molecule has 6 heteroatoms. The van der Waals surface area contributed by atoms with E-state index in [1.807, 2.05) is 6.92 Å². The molecule has 0 aromatic carbocycles. The third-order valence-electron chi connectivity index (χ3n) is 2.38. The molecule has 0 saturated carbocycles. The van der Waals surface area contributed by atoms with Crippen LogP contribution in [0.25, 0.3) is 0 Å². The molecular weight excluding hydrogens is 240 g/mol. The Bertz CT molecular complexity index is 333. The van der Waals surface area contributed by atoms with Crippen LogP contribution in [0.3, 0.4) is 0 Å². The number of ether oxygens (including phenoxy) is 1. The van der Waals surface area contributed by atoms with Crippen molar-refractivity contribution in [1.82, 2.24) is 0 Å². The maximum Gasteiger partial charge on any atom is 0.331 e. The second kappa shape index (κ2) is 8.27. The van der Waals surface area contributed by atoms with E-state index in [4.69, 9.17) is 14.9 Å². The zero-order valence-corrected chi connectivity index (χ0v) is 10.3. The minimum atomic E-state index is -1.44. The van der Waals surface area contributed by atoms with E-state index in [0.717, 1.165) is 12.8 Å². The van der Waals surface area contributed by atoms with Gasteiger partial charge in [-0.15, -0.1) is 0 Å². The van der Waals surface area contributed by atoms with E-state index in [-0.39, 0.29) is 6.61 Å². The van der Waals surface area contributed by atoms with Crippen LogP contribution in [0.1, 0.15) is 32.6 Å². The van der Waals surface area contributed by atoms with Gasteiger partial charge in [-0.1, -0.05) is 26.3 Å². The molecule has 0 bridgehead atoms. The highest BCUT2D eigenvalue weighted by Gasteiger charge is 2.28. The highest BCUT2D eigenvalue weighted by molar-refractivity contribution is 5.95. The van der Waals surface area contributed by atoms with Crippen LogP contribution in [-0.4, -0.2) is 34.7 Å². The van der Waals surface area contributed by atoms with Crippen LogP contribution < -0.4 is 0 Å². The van der Waals surface area contributed by atoms with Gasteiger partial charge in [-0.3, -0.25) is 9.59 Å². The fraction of sp³-hybridized carbons (Fsp3) is 0.583. The molecule has 0 radical (unpaired) electrons. The molecule has 0 rings (SSSR count). The third-order valence-corrected chi connectivity index (χ3v) is 2.38. The number of carbonyl (C=O) groups is 3. The van der Waals surface area contributed by atoms with Crippen molar-refractivity contribution in [2.24, 2.45) is 5.92 Å². The van der Waals surface area contributed by atoms with Gasteiger partial charge in [0.15, 0.2) is 0 Å². The van der Waals surface area contributed by atoms with E-state index in [1.165, 1.54) is 0 Å². The minimum Gasteiger partial charge on any atom is -0.481 e. The summed E-state index contributed by atoms with van der Waals surface area (Å²) in [5.41, 5.74) is -0.520. The number of carboxylic acid groups (broad SMARTS) is 2. The van der Waals surface area contributed by atoms with Crippen molar-refractivity contribution in [2.75, 3.05) is 6.61 Å². The van der Waals surface area contributed by atoms with E-state index in [1.54, 1.807) is 0 Å². The van der Waals surface area contributed by atoms with Gasteiger partial charge in [0, 0.05) is 5.57 Å². The van der Waals surface area contributed by atoms with Crippen LogP contribution in [0.4, 0.5) is 0 Å². The molecule has 0 spiro atoms. The Morgan fingerprint density at radius 2 is 1.83 bits per heavy atom. The van der Waals surface area contributed by atoms with Crippen LogP contribution >= 0.6 is 0 Å².